The molecule has 0 heterocycles. The second kappa shape index (κ2) is 6.27. The van der Waals surface area contributed by atoms with Crippen molar-refractivity contribution in [3.8, 4) is 11.8 Å². The zero-order valence-electron chi connectivity index (χ0n) is 10.6. The third kappa shape index (κ3) is 4.88. The van der Waals surface area contributed by atoms with E-state index in [4.69, 9.17) is 15.7 Å². The van der Waals surface area contributed by atoms with E-state index in [9.17, 15) is 0 Å². The number of nitrogens with zero attached hydrogens (tertiary/aromatic N) is 1. The fourth-order valence-corrected chi connectivity index (χ4v) is 1.48. The summed E-state index contributed by atoms with van der Waals surface area (Å²) in [6.45, 7) is 4.34. The van der Waals surface area contributed by atoms with E-state index in [0.29, 0.717) is 13.0 Å². The molecule has 0 bridgehead atoms. The molecule has 3 heteroatoms. The van der Waals surface area contributed by atoms with E-state index < -0.39 is 5.54 Å². The summed E-state index contributed by atoms with van der Waals surface area (Å²) in [6.07, 6.45) is 2.77. The monoisotopic (exact) mass is 232 g/mol. The second-order valence-corrected chi connectivity index (χ2v) is 4.52. The van der Waals surface area contributed by atoms with Crippen LogP contribution in [0, 0.1) is 11.3 Å². The van der Waals surface area contributed by atoms with Crippen molar-refractivity contribution >= 4 is 0 Å². The normalized spacial score (nSPS) is 13.8. The highest BCUT2D eigenvalue weighted by atomic mass is 16.5. The summed E-state index contributed by atoms with van der Waals surface area (Å²) in [7, 11) is 0. The van der Waals surface area contributed by atoms with Crippen molar-refractivity contribution in [1.29, 1.82) is 5.26 Å². The average Bonchev–Trinajstić information content (AvgIpc) is 2.32. The van der Waals surface area contributed by atoms with E-state index in [1.165, 1.54) is 5.56 Å². The minimum atomic E-state index is -0.803. The number of benzene rings is 1. The lowest BCUT2D eigenvalue weighted by Gasteiger charge is -2.15. The van der Waals surface area contributed by atoms with Crippen LogP contribution in [0.1, 0.15) is 32.3 Å². The Labute approximate surface area is 103 Å². The van der Waals surface area contributed by atoms with Gasteiger partial charge in [0.25, 0.3) is 0 Å². The minimum Gasteiger partial charge on any atom is -0.493 e. The third-order valence-electron chi connectivity index (χ3n) is 2.61. The molecule has 1 unspecified atom stereocenters. The molecule has 0 aliphatic rings. The van der Waals surface area contributed by atoms with Crippen molar-refractivity contribution in [1.82, 2.24) is 0 Å². The van der Waals surface area contributed by atoms with E-state index in [1.807, 2.05) is 12.1 Å². The van der Waals surface area contributed by atoms with Gasteiger partial charge in [0.2, 0.25) is 0 Å². The highest BCUT2D eigenvalue weighted by molar-refractivity contribution is 5.27. The van der Waals surface area contributed by atoms with Crippen molar-refractivity contribution in [2.75, 3.05) is 6.61 Å². The van der Waals surface area contributed by atoms with Gasteiger partial charge in [-0.05, 0) is 31.0 Å². The minimum absolute atomic E-state index is 0.466. The first kappa shape index (κ1) is 13.5. The summed E-state index contributed by atoms with van der Waals surface area (Å²) < 4.78 is 5.55. The van der Waals surface area contributed by atoms with Crippen LogP contribution < -0.4 is 10.5 Å². The molecule has 1 atom stereocenters. The highest BCUT2D eigenvalue weighted by Crippen LogP contribution is 2.14. The first-order chi connectivity index (χ1) is 8.07. The smallest absolute Gasteiger partial charge is 0.119 e. The van der Waals surface area contributed by atoms with Gasteiger partial charge < -0.3 is 10.5 Å². The fraction of sp³-hybridized carbons (Fsp3) is 0.500. The number of hydrogen-bond acceptors (Lipinski definition) is 3. The molecule has 1 rings (SSSR count). The van der Waals surface area contributed by atoms with Crippen molar-refractivity contribution in [2.24, 2.45) is 5.73 Å². The van der Waals surface area contributed by atoms with Gasteiger partial charge in [0.1, 0.15) is 11.3 Å². The number of nitriles is 1. The van der Waals surface area contributed by atoms with Gasteiger partial charge in [-0.3, -0.25) is 0 Å². The summed E-state index contributed by atoms with van der Waals surface area (Å²) in [5.74, 6) is 0.832. The zero-order valence-corrected chi connectivity index (χ0v) is 10.6. The Hall–Kier alpha value is -1.53. The third-order valence-corrected chi connectivity index (χ3v) is 2.61. The number of rotatable bonds is 6. The summed E-state index contributed by atoms with van der Waals surface area (Å²) >= 11 is 0. The molecule has 17 heavy (non-hydrogen) atoms. The molecule has 0 fully saturated rings. The van der Waals surface area contributed by atoms with Crippen LogP contribution in [-0.2, 0) is 6.42 Å². The van der Waals surface area contributed by atoms with E-state index in [1.54, 1.807) is 6.92 Å². The number of nitrogens with two attached hydrogens (primary N) is 1. The van der Waals surface area contributed by atoms with Gasteiger partial charge in [-0.15, -0.1) is 0 Å². The topological polar surface area (TPSA) is 59.0 Å². The van der Waals surface area contributed by atoms with E-state index in [-0.39, 0.29) is 0 Å². The molecule has 0 amide bonds. The summed E-state index contributed by atoms with van der Waals surface area (Å²) in [5, 5.41) is 8.76. The Morgan fingerprint density at radius 2 is 2.00 bits per heavy atom. The molecule has 92 valence electrons. The van der Waals surface area contributed by atoms with Crippen LogP contribution in [-0.4, -0.2) is 12.1 Å². The first-order valence-electron chi connectivity index (χ1n) is 5.99. The van der Waals surface area contributed by atoms with Gasteiger partial charge in [-0.1, -0.05) is 25.5 Å². The molecule has 0 aromatic heterocycles. The van der Waals surface area contributed by atoms with Gasteiger partial charge >= 0.3 is 0 Å². The Morgan fingerprint density at radius 3 is 2.53 bits per heavy atom. The first-order valence-corrected chi connectivity index (χ1v) is 5.99. The van der Waals surface area contributed by atoms with Gasteiger partial charge in [0.15, 0.2) is 0 Å². The van der Waals surface area contributed by atoms with Crippen LogP contribution in [0.15, 0.2) is 24.3 Å². The maximum atomic E-state index is 8.76. The van der Waals surface area contributed by atoms with Gasteiger partial charge in [0, 0.05) is 6.42 Å². The molecule has 0 radical (unpaired) electrons. The van der Waals surface area contributed by atoms with Crippen LogP contribution in [0.25, 0.3) is 0 Å². The molecule has 1 aromatic carbocycles. The van der Waals surface area contributed by atoms with E-state index in [2.05, 4.69) is 25.1 Å². The second-order valence-electron chi connectivity index (χ2n) is 4.52. The fourth-order valence-electron chi connectivity index (χ4n) is 1.48. The summed E-state index contributed by atoms with van der Waals surface area (Å²) in [5.41, 5.74) is 6.22. The Morgan fingerprint density at radius 1 is 1.35 bits per heavy atom. The highest BCUT2D eigenvalue weighted by Gasteiger charge is 2.16. The molecule has 0 saturated heterocycles. The lowest BCUT2D eigenvalue weighted by molar-refractivity contribution is 0.286. The predicted molar refractivity (Wildman–Crippen MR) is 68.8 cm³/mol. The van der Waals surface area contributed by atoms with Crippen molar-refractivity contribution in [2.45, 2.75) is 38.6 Å². The molecule has 0 saturated carbocycles. The maximum Gasteiger partial charge on any atom is 0.119 e. The van der Waals surface area contributed by atoms with Crippen molar-refractivity contribution < 1.29 is 4.74 Å². The van der Waals surface area contributed by atoms with Crippen LogP contribution in [0.5, 0.6) is 5.75 Å². The molecular weight excluding hydrogens is 212 g/mol. The van der Waals surface area contributed by atoms with E-state index in [0.717, 1.165) is 18.6 Å². The average molecular weight is 232 g/mol. The van der Waals surface area contributed by atoms with Crippen LogP contribution in [0.4, 0.5) is 0 Å². The Kier molecular flexibility index (Phi) is 4.99. The zero-order chi connectivity index (χ0) is 12.7. The SMILES string of the molecule is CCCc1ccc(OCCC(C)(N)C#N)cc1. The van der Waals surface area contributed by atoms with Gasteiger partial charge in [-0.25, -0.2) is 0 Å². The van der Waals surface area contributed by atoms with Gasteiger partial charge in [0.05, 0.1) is 12.7 Å². The van der Waals surface area contributed by atoms with Crippen molar-refractivity contribution in [3.63, 3.8) is 0 Å². The van der Waals surface area contributed by atoms with Crippen molar-refractivity contribution in [3.05, 3.63) is 29.8 Å². The lowest BCUT2D eigenvalue weighted by atomic mass is 10.0. The molecular formula is C14H20N2O. The number of ether oxygens (including phenoxy) is 1. The molecule has 0 spiro atoms. The number of aryl methyl sites for hydroxylation is 1. The lowest BCUT2D eigenvalue weighted by Crippen LogP contribution is -2.35. The summed E-state index contributed by atoms with van der Waals surface area (Å²) in [4.78, 5) is 0. The maximum absolute atomic E-state index is 8.76. The van der Waals surface area contributed by atoms with Gasteiger partial charge in [-0.2, -0.15) is 5.26 Å². The van der Waals surface area contributed by atoms with Crippen LogP contribution in [0.2, 0.25) is 0 Å². The molecule has 0 aliphatic heterocycles. The predicted octanol–water partition coefficient (Wildman–Crippen LogP) is 2.65. The standard InChI is InChI=1S/C14H20N2O/c1-3-4-12-5-7-13(8-6-12)17-10-9-14(2,16)11-15/h5-8H,3-4,9-10,16H2,1-2H3. The number of hydrogen-bond donors (Lipinski definition) is 1. The Balaban J connectivity index is 2.40. The van der Waals surface area contributed by atoms with E-state index >= 15 is 0 Å². The molecule has 3 nitrogen and oxygen atoms in total. The largest absolute Gasteiger partial charge is 0.493 e. The van der Waals surface area contributed by atoms with Crippen LogP contribution in [0.3, 0.4) is 0 Å². The quantitative estimate of drug-likeness (QED) is 0.820. The molecule has 2 N–H and O–H groups in total. The van der Waals surface area contributed by atoms with Crippen LogP contribution >= 0.6 is 0 Å². The molecule has 0 aliphatic carbocycles. The Bertz CT molecular complexity index is 376. The summed E-state index contributed by atoms with van der Waals surface area (Å²) in [6, 6.07) is 10.1. The molecule has 1 aromatic rings.